The molecule has 23 aromatic rings. The summed E-state index contributed by atoms with van der Waals surface area (Å²) in [7, 11) is 0. The fourth-order valence-electron chi connectivity index (χ4n) is 16.7. The lowest BCUT2D eigenvalue weighted by molar-refractivity contribution is 0.653. The first-order valence-corrected chi connectivity index (χ1v) is 37.9. The number of fused-ring (bicyclic) bond motifs is 20. The maximum Gasteiger partial charge on any atom is 0.246 e. The number of hydrogen-bond donors (Lipinski definition) is 0. The number of rotatable bonds is 7. The summed E-state index contributed by atoms with van der Waals surface area (Å²) in [6, 6.07) is 119. The van der Waals surface area contributed by atoms with E-state index in [0.717, 1.165) is 134 Å². The lowest BCUT2D eigenvalue weighted by Gasteiger charge is -2.12. The van der Waals surface area contributed by atoms with Crippen LogP contribution in [0.1, 0.15) is 11.1 Å². The number of halogens is 1. The summed E-state index contributed by atoms with van der Waals surface area (Å²) < 4.78 is 20.1. The molecule has 9 aromatic heterocycles. The summed E-state index contributed by atoms with van der Waals surface area (Å²) in [5.41, 5.74) is 25.4. The number of benzene rings is 14. The largest absolute Gasteiger partial charge is 0.436 e. The smallest absolute Gasteiger partial charge is 0.246 e. The van der Waals surface area contributed by atoms with Crippen LogP contribution in [0.25, 0.3) is 205 Å². The van der Waals surface area contributed by atoms with Crippen LogP contribution in [0.3, 0.4) is 0 Å². The summed E-state index contributed by atoms with van der Waals surface area (Å²) in [5.74, 6) is 0.832. The van der Waals surface area contributed by atoms with Gasteiger partial charge >= 0.3 is 0 Å². The molecule has 0 spiro atoms. The fourth-order valence-corrected chi connectivity index (χ4v) is 16.9. The molecule has 1 aliphatic rings. The molecule has 0 saturated heterocycles. The maximum atomic E-state index is 6.30. The van der Waals surface area contributed by atoms with Crippen molar-refractivity contribution in [3.8, 4) is 73.3 Å². The van der Waals surface area contributed by atoms with Gasteiger partial charge in [-0.15, -0.1) is 0 Å². The second kappa shape index (κ2) is 25.9. The van der Waals surface area contributed by atoms with E-state index >= 15 is 0 Å². The Hall–Kier alpha value is -14.5. The van der Waals surface area contributed by atoms with Crippen molar-refractivity contribution >= 4 is 147 Å². The van der Waals surface area contributed by atoms with Gasteiger partial charge in [0.1, 0.15) is 44.0 Å². The minimum atomic E-state index is 0.498. The van der Waals surface area contributed by atoms with Crippen LogP contribution < -0.4 is 0 Å². The molecule has 0 unspecified atom stereocenters. The van der Waals surface area contributed by atoms with E-state index in [0.29, 0.717) is 17.1 Å². The Kier molecular flexibility index (Phi) is 14.9. The third kappa shape index (κ3) is 10.7. The first-order valence-electron chi connectivity index (χ1n) is 37.1. The lowest BCUT2D eigenvalue weighted by Crippen LogP contribution is -1.99. The molecular weight excluding hydrogens is 1430 g/mol. The second-order valence-electron chi connectivity index (χ2n) is 28.2. The molecule has 12 heteroatoms. The van der Waals surface area contributed by atoms with Crippen LogP contribution in [0.4, 0.5) is 0 Å². The third-order valence-corrected chi connectivity index (χ3v) is 22.3. The molecule has 520 valence electrons. The highest BCUT2D eigenvalue weighted by molar-refractivity contribution is 9.10. The predicted octanol–water partition coefficient (Wildman–Crippen LogP) is 25.8. The van der Waals surface area contributed by atoms with Crippen molar-refractivity contribution in [3.63, 3.8) is 0 Å². The molecule has 14 aromatic carbocycles. The van der Waals surface area contributed by atoms with Gasteiger partial charge in [0.05, 0.1) is 44.5 Å². The standard InChI is InChI=1S/C49H29N5O.C33H19BrN4O.C17H12/c1-2-14-34(15-3-1)53-40-19-9-6-16-35(40)37-24-22-32(28-42(37)53)46-47(52-49-48(51-46)38-18-8-11-21-44(38)55-49)33-23-25-45(50-29-33)54-41-20-10-7-17-36(41)39-26-30-12-4-5-13-31(30)27-43(39)54;34-29-17-15-21(19-35-29)31-30(36-32-25-11-5-7-13-28(25)39-33(32)37-31)20-14-16-24-23-10-4-6-12-26(23)38(27(24)18-20)22-8-2-1-3-9-22;1-2-6-13-11-17-15(9-12(13)5-1)10-14-7-3-4-8-16(14)17/h1-29H;1-19H;1-9,11H,10H2. The van der Waals surface area contributed by atoms with Crippen molar-refractivity contribution in [2.45, 2.75) is 6.42 Å². The van der Waals surface area contributed by atoms with Gasteiger partial charge in [-0.25, -0.2) is 29.9 Å². The van der Waals surface area contributed by atoms with Crippen molar-refractivity contribution < 1.29 is 8.83 Å². The first kappa shape index (κ1) is 63.8. The average molecular weight is 1490 g/mol. The second-order valence-corrected chi connectivity index (χ2v) is 29.0. The molecule has 1 aliphatic carbocycles. The van der Waals surface area contributed by atoms with Crippen LogP contribution in [0.2, 0.25) is 0 Å². The van der Waals surface area contributed by atoms with E-state index in [-0.39, 0.29) is 0 Å². The lowest BCUT2D eigenvalue weighted by atomic mass is 10.0. The van der Waals surface area contributed by atoms with Crippen molar-refractivity contribution in [1.82, 2.24) is 43.6 Å². The normalized spacial score (nSPS) is 12.0. The number of aromatic nitrogens is 9. The minimum Gasteiger partial charge on any atom is -0.436 e. The number of hydrogen-bond acceptors (Lipinski definition) is 8. The highest BCUT2D eigenvalue weighted by Crippen LogP contribution is 2.44. The summed E-state index contributed by atoms with van der Waals surface area (Å²) in [5, 5.41) is 14.1. The zero-order valence-corrected chi connectivity index (χ0v) is 61.0. The van der Waals surface area contributed by atoms with Crippen LogP contribution in [-0.4, -0.2) is 43.6 Å². The molecule has 0 radical (unpaired) electrons. The Labute approximate surface area is 643 Å². The van der Waals surface area contributed by atoms with Crippen LogP contribution in [0.5, 0.6) is 0 Å². The maximum absolute atomic E-state index is 6.30. The van der Waals surface area contributed by atoms with Gasteiger partial charge < -0.3 is 18.0 Å². The molecule has 0 saturated carbocycles. The van der Waals surface area contributed by atoms with Gasteiger partial charge in [-0.2, -0.15) is 0 Å². The molecule has 0 amide bonds. The molecule has 111 heavy (non-hydrogen) atoms. The topological polar surface area (TPSA) is 118 Å². The first-order chi connectivity index (χ1) is 54.9. The van der Waals surface area contributed by atoms with Crippen molar-refractivity contribution in [1.29, 1.82) is 0 Å². The molecule has 0 fully saturated rings. The number of para-hydroxylation sites is 7. The van der Waals surface area contributed by atoms with E-state index in [2.05, 4.69) is 308 Å². The Morgan fingerprint density at radius 3 is 1.23 bits per heavy atom. The van der Waals surface area contributed by atoms with E-state index in [4.69, 9.17) is 33.8 Å². The molecule has 9 heterocycles. The highest BCUT2D eigenvalue weighted by atomic mass is 79.9. The van der Waals surface area contributed by atoms with Gasteiger partial charge in [-0.05, 0) is 187 Å². The van der Waals surface area contributed by atoms with E-state index in [9.17, 15) is 0 Å². The SMILES string of the molecule is Brc1ccc(-c2nc3oc4ccccc4c3nc2-c2ccc3c4ccccc4n(-c4ccccc4)c3c2)cn1.c1ccc(-n2c3ccccc3c3ccc(-c4nc5c(nc4-c4ccc(-n6c7ccccc7c7cc8ccccc8cc76)nc4)oc4ccccc45)cc32)cc1.c1ccc2c(c1)Cc1cc3ccccc3cc1-2. The van der Waals surface area contributed by atoms with Crippen molar-refractivity contribution in [3.05, 3.63) is 368 Å². The van der Waals surface area contributed by atoms with Gasteiger partial charge in [-0.3, -0.25) is 4.57 Å². The van der Waals surface area contributed by atoms with Crippen LogP contribution >= 0.6 is 15.9 Å². The molecule has 0 bridgehead atoms. The Morgan fingerprint density at radius 1 is 0.270 bits per heavy atom. The molecule has 0 atom stereocenters. The molecular formula is C99H60BrN9O2. The molecule has 24 rings (SSSR count). The highest BCUT2D eigenvalue weighted by Gasteiger charge is 2.25. The Bertz CT molecular complexity index is 7690. The Balaban J connectivity index is 0.000000117. The summed E-state index contributed by atoms with van der Waals surface area (Å²) in [6.45, 7) is 0. The molecule has 0 aliphatic heterocycles. The van der Waals surface area contributed by atoms with E-state index in [1.807, 2.05) is 79.1 Å². The average Bonchev–Trinajstić information content (AvgIpc) is 1.12. The predicted molar refractivity (Wildman–Crippen MR) is 456 cm³/mol. The van der Waals surface area contributed by atoms with Crippen molar-refractivity contribution in [2.75, 3.05) is 0 Å². The molecule has 11 nitrogen and oxygen atoms in total. The van der Waals surface area contributed by atoms with Gasteiger partial charge in [0.2, 0.25) is 11.4 Å². The summed E-state index contributed by atoms with van der Waals surface area (Å²) in [6.07, 6.45) is 4.81. The number of furan rings is 2. The van der Waals surface area contributed by atoms with Crippen molar-refractivity contribution in [2.24, 2.45) is 0 Å². The third-order valence-electron chi connectivity index (χ3n) is 21.8. The minimum absolute atomic E-state index is 0.498. The quantitative estimate of drug-likeness (QED) is 0.145. The van der Waals surface area contributed by atoms with Gasteiger partial charge in [0.25, 0.3) is 0 Å². The zero-order valence-electron chi connectivity index (χ0n) is 59.4. The van der Waals surface area contributed by atoms with Gasteiger partial charge in [0.15, 0.2) is 0 Å². The summed E-state index contributed by atoms with van der Waals surface area (Å²) in [4.78, 5) is 30.3. The number of nitrogens with zero attached hydrogens (tertiary/aromatic N) is 9. The van der Waals surface area contributed by atoms with E-state index in [1.165, 1.54) is 76.1 Å². The summed E-state index contributed by atoms with van der Waals surface area (Å²) >= 11 is 3.45. The van der Waals surface area contributed by atoms with Crippen LogP contribution in [-0.2, 0) is 6.42 Å². The molecule has 0 N–H and O–H groups in total. The van der Waals surface area contributed by atoms with E-state index < -0.39 is 0 Å². The monoisotopic (exact) mass is 1490 g/mol. The van der Waals surface area contributed by atoms with Crippen LogP contribution in [0.15, 0.2) is 366 Å². The van der Waals surface area contributed by atoms with E-state index in [1.54, 1.807) is 0 Å². The van der Waals surface area contributed by atoms with Crippen LogP contribution in [0, 0.1) is 0 Å². The fraction of sp³-hybridized carbons (Fsp3) is 0.0101. The van der Waals surface area contributed by atoms with Gasteiger partial charge in [-0.1, -0.05) is 218 Å². The van der Waals surface area contributed by atoms with Gasteiger partial charge in [0, 0.05) is 89.1 Å². The zero-order chi connectivity index (χ0) is 73.2. The Morgan fingerprint density at radius 2 is 0.685 bits per heavy atom. The number of pyridine rings is 2.